The lowest BCUT2D eigenvalue weighted by Gasteiger charge is -2.21. The Bertz CT molecular complexity index is 2810. The smallest absolute Gasteiger partial charge is 0.462 e. The predicted molar refractivity (Wildman–Crippen MR) is 445 cm³/mol. The number of hydrogen-bond donors (Lipinski definition) is 3. The van der Waals surface area contributed by atoms with E-state index in [1.54, 1.807) is 0 Å². The maximum atomic E-state index is 13.1. The molecule has 2 unspecified atom stereocenters. The van der Waals surface area contributed by atoms with Crippen LogP contribution in [0, 0.1) is 0 Å². The number of ether oxygens (including phenoxy) is 4. The Kier molecular flexibility index (Phi) is 74.5. The van der Waals surface area contributed by atoms with Crippen molar-refractivity contribution in [3.63, 3.8) is 0 Å². The quantitative estimate of drug-likeness (QED) is 0.0169. The van der Waals surface area contributed by atoms with E-state index in [0.717, 1.165) is 116 Å². The van der Waals surface area contributed by atoms with Crippen molar-refractivity contribution >= 4 is 39.5 Å². The molecule has 0 spiro atoms. The van der Waals surface area contributed by atoms with Crippen LogP contribution in [-0.2, 0) is 65.4 Å². The number of rotatable bonds is 74. The zero-order valence-corrected chi connectivity index (χ0v) is 68.5. The molecule has 610 valence electrons. The van der Waals surface area contributed by atoms with Gasteiger partial charge in [-0.05, 0) is 141 Å². The number of allylic oxidation sites excluding steroid dienone is 32. The molecule has 3 N–H and O–H groups in total. The van der Waals surface area contributed by atoms with Crippen molar-refractivity contribution in [1.29, 1.82) is 0 Å². The van der Waals surface area contributed by atoms with E-state index in [1.165, 1.54) is 70.6 Å². The monoisotopic (exact) mass is 1540 g/mol. The second-order valence-electron chi connectivity index (χ2n) is 26.2. The van der Waals surface area contributed by atoms with Gasteiger partial charge in [0.2, 0.25) is 0 Å². The molecule has 0 aromatic rings. The zero-order chi connectivity index (χ0) is 78.9. The fraction of sp³-hybridized carbons (Fsp3) is 0.596. The summed E-state index contributed by atoms with van der Waals surface area (Å²) < 4.78 is 68.4. The molecule has 0 aromatic heterocycles. The molecule has 0 aliphatic carbocycles. The number of hydrogen-bond acceptors (Lipinski definition) is 15. The number of carbonyl (C=O) groups is 4. The van der Waals surface area contributed by atoms with Gasteiger partial charge in [0, 0.05) is 25.7 Å². The summed E-state index contributed by atoms with van der Waals surface area (Å²) in [6.07, 6.45) is 97.3. The molecule has 17 nitrogen and oxygen atoms in total. The van der Waals surface area contributed by atoms with Crippen LogP contribution in [0.25, 0.3) is 0 Å². The summed E-state index contributed by atoms with van der Waals surface area (Å²) in [5, 5.41) is 10.6. The van der Waals surface area contributed by atoms with Crippen LogP contribution in [0.4, 0.5) is 0 Å². The van der Waals surface area contributed by atoms with Gasteiger partial charge in [-0.1, -0.05) is 312 Å². The summed E-state index contributed by atoms with van der Waals surface area (Å²) in [6, 6.07) is 0. The molecular formula is C89H142O17P2. The van der Waals surface area contributed by atoms with Crippen LogP contribution < -0.4 is 0 Å². The second kappa shape index (κ2) is 79.0. The maximum Gasteiger partial charge on any atom is 0.472 e. The lowest BCUT2D eigenvalue weighted by molar-refractivity contribution is -0.161. The minimum Gasteiger partial charge on any atom is -0.462 e. The molecule has 0 aliphatic rings. The third-order valence-electron chi connectivity index (χ3n) is 16.1. The van der Waals surface area contributed by atoms with Gasteiger partial charge < -0.3 is 33.8 Å². The Morgan fingerprint density at radius 1 is 0.269 bits per heavy atom. The first-order valence-corrected chi connectivity index (χ1v) is 43.7. The number of unbranched alkanes of at least 4 members (excludes halogenated alkanes) is 16. The van der Waals surface area contributed by atoms with Gasteiger partial charge in [-0.15, -0.1) is 0 Å². The Labute approximate surface area is 653 Å². The van der Waals surface area contributed by atoms with Crippen LogP contribution in [0.2, 0.25) is 0 Å². The van der Waals surface area contributed by atoms with E-state index in [1.807, 2.05) is 48.6 Å². The Morgan fingerprint density at radius 2 is 0.509 bits per heavy atom. The van der Waals surface area contributed by atoms with Gasteiger partial charge in [0.25, 0.3) is 0 Å². The molecule has 0 amide bonds. The third kappa shape index (κ3) is 78.0. The van der Waals surface area contributed by atoms with Crippen LogP contribution >= 0.6 is 15.6 Å². The first kappa shape index (κ1) is 102. The van der Waals surface area contributed by atoms with Crippen LogP contribution in [0.5, 0.6) is 0 Å². The van der Waals surface area contributed by atoms with Crippen molar-refractivity contribution < 1.29 is 80.2 Å². The normalized spacial score (nSPS) is 14.8. The Hall–Kier alpha value is -6.10. The zero-order valence-electron chi connectivity index (χ0n) is 66.7. The molecule has 0 saturated heterocycles. The number of esters is 4. The number of aliphatic hydroxyl groups is 1. The SMILES string of the molecule is CC/C=C\C/C=C\C/C=C\C/C=C\C/C=C\C/C=C\CCC(=O)OC[C@H](COP(=O)(O)OC[C@@H](O)COP(=O)(O)OC[C@@H](COC(=O)CCCCCCCCCCCCCCC)OC(=O)CC/C=C\C/C=C\C/C=C\C/C=C\C/C=C\C/C=C\CC)OC(=O)CCC/C=C\C/C=C\C/C=C\C/C=C\CCCCC. The second-order valence-corrected chi connectivity index (χ2v) is 29.2. The molecule has 0 aromatic carbocycles. The predicted octanol–water partition coefficient (Wildman–Crippen LogP) is 24.1. The van der Waals surface area contributed by atoms with Crippen LogP contribution in [-0.4, -0.2) is 96.7 Å². The van der Waals surface area contributed by atoms with Crippen molar-refractivity contribution in [3.8, 4) is 0 Å². The summed E-state index contributed by atoms with van der Waals surface area (Å²) in [7, 11) is -10.0. The topological polar surface area (TPSA) is 237 Å². The van der Waals surface area contributed by atoms with Gasteiger partial charge in [0.05, 0.1) is 26.4 Å². The summed E-state index contributed by atoms with van der Waals surface area (Å²) in [5.41, 5.74) is 0. The van der Waals surface area contributed by atoms with E-state index in [0.29, 0.717) is 44.9 Å². The van der Waals surface area contributed by atoms with E-state index in [4.69, 9.17) is 37.0 Å². The number of phosphoric acid groups is 2. The first-order valence-electron chi connectivity index (χ1n) is 40.7. The molecule has 0 aliphatic heterocycles. The van der Waals surface area contributed by atoms with Gasteiger partial charge >= 0.3 is 39.5 Å². The molecule has 0 heterocycles. The lowest BCUT2D eigenvalue weighted by Crippen LogP contribution is -2.30. The number of aliphatic hydroxyl groups excluding tert-OH is 1. The average molecular weight is 1550 g/mol. The highest BCUT2D eigenvalue weighted by atomic mass is 31.2. The molecular weight excluding hydrogens is 1400 g/mol. The molecule has 0 saturated carbocycles. The largest absolute Gasteiger partial charge is 0.472 e. The van der Waals surface area contributed by atoms with Gasteiger partial charge in [-0.3, -0.25) is 37.3 Å². The number of phosphoric ester groups is 2. The van der Waals surface area contributed by atoms with Gasteiger partial charge in [0.1, 0.15) is 19.3 Å². The van der Waals surface area contributed by atoms with E-state index < -0.39 is 97.5 Å². The molecule has 0 fully saturated rings. The third-order valence-corrected chi connectivity index (χ3v) is 18.0. The maximum absolute atomic E-state index is 13.1. The van der Waals surface area contributed by atoms with E-state index >= 15 is 0 Å². The van der Waals surface area contributed by atoms with Crippen molar-refractivity contribution in [2.75, 3.05) is 39.6 Å². The molecule has 0 rings (SSSR count). The van der Waals surface area contributed by atoms with Gasteiger partial charge in [-0.25, -0.2) is 9.13 Å². The molecule has 108 heavy (non-hydrogen) atoms. The van der Waals surface area contributed by atoms with E-state index in [2.05, 4.69) is 174 Å². The summed E-state index contributed by atoms with van der Waals surface area (Å²) in [5.74, 6) is -2.45. The van der Waals surface area contributed by atoms with Gasteiger partial charge in [-0.2, -0.15) is 0 Å². The molecule has 19 heteroatoms. The standard InChI is InChI=1S/C89H142O17P2/c1-5-9-13-17-21-25-29-33-36-39-41-44-46-50-54-58-62-66-70-74-87(92)100-80-85(106-88(93)75-71-67-63-59-55-51-47-43-38-35-31-27-23-19-15-11-7-3)82-104-108(97,98)102-78-83(90)77-101-107(95,96)103-81-84(79-99-86(91)73-69-65-61-57-53-49-32-28-24-20-16-12-8-4)105-89(94)76-72-68-64-60-56-52-48-45-42-40-37-34-30-26-22-18-14-10-6-2/h9-10,13-14,21-23,25-27,33-38,41-42,44-45,47,50-52,54,56,59,62-64,66,68,83-85,90H,5-8,11-12,15-20,24,28-32,39-40,43,46,48-49,53,55,57-58,60-61,65,67,69-82H2,1-4H3,(H,95,96)(H,97,98)/b13-9-,14-10-,25-21-,26-22-,27-23-,36-33-,37-34-,38-35-,44-41-,45-42-,51-47-,54-50-,56-52-,63-59-,66-62-,68-64-/t83-,84+,85+/m0/s1. The first-order chi connectivity index (χ1) is 52.7. The Balaban J connectivity index is 5.57. The summed E-state index contributed by atoms with van der Waals surface area (Å²) in [6.45, 7) is 4.36. The van der Waals surface area contributed by atoms with Gasteiger partial charge in [0.15, 0.2) is 12.2 Å². The van der Waals surface area contributed by atoms with Crippen molar-refractivity contribution in [2.45, 2.75) is 303 Å². The van der Waals surface area contributed by atoms with Crippen molar-refractivity contribution in [3.05, 3.63) is 194 Å². The van der Waals surface area contributed by atoms with E-state index in [-0.39, 0.29) is 25.7 Å². The van der Waals surface area contributed by atoms with Crippen molar-refractivity contribution in [2.24, 2.45) is 0 Å². The molecule has 0 bridgehead atoms. The van der Waals surface area contributed by atoms with Crippen LogP contribution in [0.1, 0.15) is 285 Å². The van der Waals surface area contributed by atoms with Crippen LogP contribution in [0.15, 0.2) is 194 Å². The average Bonchev–Trinajstić information content (AvgIpc) is 0.892. The fourth-order valence-electron chi connectivity index (χ4n) is 9.97. The lowest BCUT2D eigenvalue weighted by atomic mass is 10.0. The minimum atomic E-state index is -5.03. The number of carbonyl (C=O) groups excluding carboxylic acids is 4. The van der Waals surface area contributed by atoms with Crippen molar-refractivity contribution in [1.82, 2.24) is 0 Å². The Morgan fingerprint density at radius 3 is 0.843 bits per heavy atom. The highest BCUT2D eigenvalue weighted by Gasteiger charge is 2.30. The molecule has 5 atom stereocenters. The van der Waals surface area contributed by atoms with E-state index in [9.17, 15) is 43.2 Å². The van der Waals surface area contributed by atoms with Crippen LogP contribution in [0.3, 0.4) is 0 Å². The highest BCUT2D eigenvalue weighted by molar-refractivity contribution is 7.47. The molecule has 0 radical (unpaired) electrons. The highest BCUT2D eigenvalue weighted by Crippen LogP contribution is 2.45. The fourth-order valence-corrected chi connectivity index (χ4v) is 11.5. The summed E-state index contributed by atoms with van der Waals surface area (Å²) in [4.78, 5) is 73.0. The minimum absolute atomic E-state index is 0.00634. The summed E-state index contributed by atoms with van der Waals surface area (Å²) >= 11 is 0.